The Balaban J connectivity index is 1.77. The molecule has 1 aromatic heterocycles. The van der Waals surface area contributed by atoms with Gasteiger partial charge in [-0.3, -0.25) is 4.79 Å². The molecule has 9 nitrogen and oxygen atoms in total. The van der Waals surface area contributed by atoms with Gasteiger partial charge in [0.1, 0.15) is 0 Å². The molecule has 1 saturated carbocycles. The summed E-state index contributed by atoms with van der Waals surface area (Å²) in [5.74, 6) is 1.83. The molecular formula is C18H25N4O5S+. The Morgan fingerprint density at radius 1 is 1.29 bits per heavy atom. The molecule has 0 aliphatic heterocycles. The van der Waals surface area contributed by atoms with Gasteiger partial charge in [-0.25, -0.2) is 0 Å². The number of methoxy groups -OCH3 is 3. The lowest BCUT2D eigenvalue weighted by atomic mass is 10.2. The predicted molar refractivity (Wildman–Crippen MR) is 103 cm³/mol. The number of nitrogens with zero attached hydrogens (tertiary/aromatic N) is 2. The number of rotatable bonds is 9. The number of amides is 1. The summed E-state index contributed by atoms with van der Waals surface area (Å²) in [6, 6.07) is 3.83. The van der Waals surface area contributed by atoms with Crippen molar-refractivity contribution in [3.05, 3.63) is 17.0 Å². The van der Waals surface area contributed by atoms with Gasteiger partial charge in [-0.05, 0) is 37.2 Å². The van der Waals surface area contributed by atoms with E-state index in [-0.39, 0.29) is 10.7 Å². The topological polar surface area (TPSA) is 92.2 Å². The molecule has 1 heterocycles. The molecule has 0 radical (unpaired) electrons. The van der Waals surface area contributed by atoms with E-state index in [9.17, 15) is 4.79 Å². The van der Waals surface area contributed by atoms with Gasteiger partial charge in [-0.15, -0.1) is 5.10 Å². The lowest BCUT2D eigenvalue weighted by Crippen LogP contribution is -3.09. The summed E-state index contributed by atoms with van der Waals surface area (Å²) in [4.78, 5) is 13.1. The third kappa shape index (κ3) is 4.63. The van der Waals surface area contributed by atoms with Crippen LogP contribution in [0.15, 0.2) is 16.5 Å². The van der Waals surface area contributed by atoms with Gasteiger partial charge < -0.3 is 28.8 Å². The van der Waals surface area contributed by atoms with Gasteiger partial charge in [0.25, 0.3) is 10.7 Å². The first-order chi connectivity index (χ1) is 13.4. The van der Waals surface area contributed by atoms with E-state index in [4.69, 9.17) is 30.8 Å². The molecular weight excluding hydrogens is 384 g/mol. The Bertz CT molecular complexity index is 881. The maximum Gasteiger partial charge on any atom is 0.292 e. The van der Waals surface area contributed by atoms with E-state index < -0.39 is 0 Å². The maximum absolute atomic E-state index is 12.0. The molecule has 152 valence electrons. The minimum atomic E-state index is 0.0277. The van der Waals surface area contributed by atoms with Crippen LogP contribution in [0, 0.1) is 4.84 Å². The van der Waals surface area contributed by atoms with Gasteiger partial charge in [0.2, 0.25) is 11.6 Å². The minimum Gasteiger partial charge on any atom is -0.493 e. The Labute approximate surface area is 168 Å². The molecule has 1 unspecified atom stereocenters. The largest absolute Gasteiger partial charge is 0.493 e. The van der Waals surface area contributed by atoms with Gasteiger partial charge in [-0.2, -0.15) is 4.68 Å². The zero-order chi connectivity index (χ0) is 20.3. The average molecular weight is 409 g/mol. The van der Waals surface area contributed by atoms with E-state index in [0.29, 0.717) is 48.0 Å². The molecule has 1 fully saturated rings. The molecule has 1 aliphatic rings. The lowest BCUT2D eigenvalue weighted by Gasteiger charge is -2.13. The van der Waals surface area contributed by atoms with Crippen molar-refractivity contribution in [3.63, 3.8) is 0 Å². The van der Waals surface area contributed by atoms with Crippen molar-refractivity contribution in [2.45, 2.75) is 25.6 Å². The molecule has 1 atom stereocenters. The molecule has 28 heavy (non-hydrogen) atoms. The summed E-state index contributed by atoms with van der Waals surface area (Å²) < 4.78 is 23.3. The summed E-state index contributed by atoms with van der Waals surface area (Å²) in [7, 11) is 6.53. The quantitative estimate of drug-likeness (QED) is 0.588. The first-order valence-corrected chi connectivity index (χ1v) is 9.35. The van der Waals surface area contributed by atoms with E-state index in [1.807, 2.05) is 7.05 Å². The van der Waals surface area contributed by atoms with Crippen LogP contribution >= 0.6 is 12.2 Å². The normalized spacial score (nSPS) is 14.4. The third-order valence-corrected chi connectivity index (χ3v) is 4.64. The summed E-state index contributed by atoms with van der Waals surface area (Å²) in [6.45, 7) is 0.746. The summed E-state index contributed by atoms with van der Waals surface area (Å²) in [5, 5.41) is 7.42. The van der Waals surface area contributed by atoms with Crippen LogP contribution in [0.4, 0.5) is 0 Å². The Morgan fingerprint density at radius 2 is 1.93 bits per heavy atom. The monoisotopic (exact) mass is 409 g/mol. The molecule has 1 aromatic carbocycles. The predicted octanol–water partition coefficient (Wildman–Crippen LogP) is 0.649. The fraction of sp³-hybridized carbons (Fsp3) is 0.500. The van der Waals surface area contributed by atoms with Crippen LogP contribution in [0.2, 0.25) is 0 Å². The lowest BCUT2D eigenvalue weighted by molar-refractivity contribution is -0.895. The highest BCUT2D eigenvalue weighted by atomic mass is 32.1. The average Bonchev–Trinajstić information content (AvgIpc) is 3.41. The van der Waals surface area contributed by atoms with Crippen LogP contribution in [0.3, 0.4) is 0 Å². The van der Waals surface area contributed by atoms with Crippen molar-refractivity contribution in [1.29, 1.82) is 0 Å². The van der Waals surface area contributed by atoms with E-state index in [0.717, 1.165) is 17.7 Å². The number of hydrogen-bond acceptors (Lipinski definition) is 7. The number of carbonyl (C=O) groups excluding carboxylic acids is 1. The van der Waals surface area contributed by atoms with Crippen LogP contribution in [-0.4, -0.2) is 56.7 Å². The van der Waals surface area contributed by atoms with Crippen LogP contribution in [0.5, 0.6) is 17.2 Å². The van der Waals surface area contributed by atoms with Crippen molar-refractivity contribution >= 4 is 18.1 Å². The van der Waals surface area contributed by atoms with E-state index >= 15 is 0 Å². The van der Waals surface area contributed by atoms with Gasteiger partial charge in [0.15, 0.2) is 24.7 Å². The fourth-order valence-corrected chi connectivity index (χ4v) is 3.00. The Morgan fingerprint density at radius 3 is 2.46 bits per heavy atom. The van der Waals surface area contributed by atoms with Crippen LogP contribution in [-0.2, 0) is 11.5 Å². The van der Waals surface area contributed by atoms with Crippen molar-refractivity contribution in [2.75, 3.05) is 34.9 Å². The number of carbonyl (C=O) groups is 1. The Hall–Kier alpha value is -2.59. The van der Waals surface area contributed by atoms with Crippen molar-refractivity contribution in [3.8, 4) is 28.7 Å². The number of quaternary nitrogens is 1. The summed E-state index contributed by atoms with van der Waals surface area (Å²) in [5.41, 5.74) is 0.642. The SMILES string of the molecule is COc1cc(-c2nn(C[NH+](C)CC(=O)NC3CC3)c(=S)o2)cc(OC)c1OC. The van der Waals surface area contributed by atoms with Crippen LogP contribution < -0.4 is 24.4 Å². The van der Waals surface area contributed by atoms with E-state index in [1.165, 1.54) is 0 Å². The highest BCUT2D eigenvalue weighted by molar-refractivity contribution is 7.71. The number of hydrogen-bond donors (Lipinski definition) is 2. The second-order valence-corrected chi connectivity index (χ2v) is 7.07. The number of benzene rings is 1. The number of nitrogens with one attached hydrogen (secondary N) is 2. The maximum atomic E-state index is 12.0. The van der Waals surface area contributed by atoms with Gasteiger partial charge in [0, 0.05) is 11.6 Å². The van der Waals surface area contributed by atoms with Crippen molar-refractivity contribution < 1.29 is 28.3 Å². The Kier molecular flexibility index (Phi) is 6.20. The molecule has 0 saturated heterocycles. The zero-order valence-electron chi connectivity index (χ0n) is 16.4. The van der Waals surface area contributed by atoms with Gasteiger partial charge in [-0.1, -0.05) is 0 Å². The highest BCUT2D eigenvalue weighted by Crippen LogP contribution is 2.40. The first kappa shape index (κ1) is 20.2. The van der Waals surface area contributed by atoms with Crippen LogP contribution in [0.1, 0.15) is 12.8 Å². The minimum absolute atomic E-state index is 0.0277. The standard InChI is InChI=1S/C18H24N4O5S/c1-21(9-15(23)19-12-5-6-12)10-22-18(28)27-17(20-22)11-7-13(24-2)16(26-4)14(8-11)25-3/h7-8,12H,5-6,9-10H2,1-4H3,(H,19,23)/p+1. The molecule has 0 spiro atoms. The third-order valence-electron chi connectivity index (χ3n) is 4.34. The van der Waals surface area contributed by atoms with Crippen LogP contribution in [0.25, 0.3) is 11.5 Å². The molecule has 1 aliphatic carbocycles. The molecule has 2 aromatic rings. The van der Waals surface area contributed by atoms with Gasteiger partial charge in [0.05, 0.1) is 28.4 Å². The van der Waals surface area contributed by atoms with E-state index in [1.54, 1.807) is 38.1 Å². The molecule has 10 heteroatoms. The summed E-state index contributed by atoms with van der Waals surface area (Å²) >= 11 is 5.29. The molecule has 3 rings (SSSR count). The first-order valence-electron chi connectivity index (χ1n) is 8.94. The summed E-state index contributed by atoms with van der Waals surface area (Å²) in [6.07, 6.45) is 2.13. The second kappa shape index (κ2) is 8.61. The molecule has 2 N–H and O–H groups in total. The fourth-order valence-electron chi connectivity index (χ4n) is 2.82. The number of aromatic nitrogens is 2. The molecule has 0 bridgehead atoms. The van der Waals surface area contributed by atoms with Crippen molar-refractivity contribution in [2.24, 2.45) is 0 Å². The highest BCUT2D eigenvalue weighted by Gasteiger charge is 2.25. The number of likely N-dealkylation sites (N-methyl/N-ethyl adjacent to an activating group) is 1. The van der Waals surface area contributed by atoms with E-state index in [2.05, 4.69) is 10.4 Å². The van der Waals surface area contributed by atoms with Crippen molar-refractivity contribution in [1.82, 2.24) is 15.1 Å². The number of ether oxygens (including phenoxy) is 3. The molecule has 1 amide bonds. The zero-order valence-corrected chi connectivity index (χ0v) is 17.2. The van der Waals surface area contributed by atoms with Gasteiger partial charge >= 0.3 is 0 Å². The smallest absolute Gasteiger partial charge is 0.292 e. The second-order valence-electron chi connectivity index (χ2n) is 6.72.